The second-order valence-electron chi connectivity index (χ2n) is 4.08. The average Bonchev–Trinajstić information content (AvgIpc) is 2.36. The third-order valence-electron chi connectivity index (χ3n) is 3.15. The van der Waals surface area contributed by atoms with Crippen LogP contribution in [0, 0.1) is 3.57 Å². The Balaban J connectivity index is 2.89. The van der Waals surface area contributed by atoms with Crippen LogP contribution in [0.4, 0.5) is 0 Å². The summed E-state index contributed by atoms with van der Waals surface area (Å²) in [6.07, 6.45) is 1.43. The van der Waals surface area contributed by atoms with Crippen LogP contribution in [0.15, 0.2) is 24.3 Å². The van der Waals surface area contributed by atoms with E-state index >= 15 is 0 Å². The third kappa shape index (κ3) is 3.42. The maximum atomic E-state index is 12.1. The molecule has 0 aliphatic heterocycles. The Hall–Kier alpha value is -0.620. The molecule has 0 fully saturated rings. The van der Waals surface area contributed by atoms with Gasteiger partial charge in [0.1, 0.15) is 0 Å². The lowest BCUT2D eigenvalue weighted by Crippen LogP contribution is -2.50. The van der Waals surface area contributed by atoms with Gasteiger partial charge in [0.25, 0.3) is 5.91 Å². The van der Waals surface area contributed by atoms with Crippen molar-refractivity contribution in [2.24, 2.45) is 0 Å². The molecule has 0 spiro atoms. The second-order valence-corrected chi connectivity index (χ2v) is 5.24. The van der Waals surface area contributed by atoms with Gasteiger partial charge in [-0.05, 0) is 47.6 Å². The van der Waals surface area contributed by atoms with E-state index in [4.69, 9.17) is 0 Å². The molecule has 3 nitrogen and oxygen atoms in total. The van der Waals surface area contributed by atoms with Gasteiger partial charge in [-0.25, -0.2) is 0 Å². The molecule has 0 aliphatic rings. The lowest BCUT2D eigenvalue weighted by Gasteiger charge is -2.30. The van der Waals surface area contributed by atoms with Gasteiger partial charge in [-0.15, -0.1) is 0 Å². The summed E-state index contributed by atoms with van der Waals surface area (Å²) in [6.45, 7) is 3.90. The van der Waals surface area contributed by atoms with Crippen LogP contribution >= 0.6 is 22.6 Å². The number of hydrogen-bond donors (Lipinski definition) is 2. The zero-order chi connectivity index (χ0) is 12.9. The van der Waals surface area contributed by atoms with E-state index in [1.54, 1.807) is 6.07 Å². The number of aliphatic hydroxyl groups excluding tert-OH is 1. The van der Waals surface area contributed by atoms with Crippen LogP contribution in [-0.2, 0) is 0 Å². The first-order chi connectivity index (χ1) is 8.08. The van der Waals surface area contributed by atoms with Gasteiger partial charge < -0.3 is 10.4 Å². The summed E-state index contributed by atoms with van der Waals surface area (Å²) in [5.74, 6) is -0.118. The Kier molecular flexibility index (Phi) is 5.39. The van der Waals surface area contributed by atoms with E-state index < -0.39 is 5.54 Å². The molecule has 0 radical (unpaired) electrons. The van der Waals surface area contributed by atoms with Crippen molar-refractivity contribution in [2.75, 3.05) is 6.61 Å². The number of carbonyl (C=O) groups excluding carboxylic acids is 1. The van der Waals surface area contributed by atoms with Gasteiger partial charge in [-0.3, -0.25) is 4.79 Å². The standard InChI is InChI=1S/C13H18INO2/c1-3-13(4-2,9-16)15-12(17)10-7-5-6-8-11(10)14/h5-8,16H,3-4,9H2,1-2H3,(H,15,17). The minimum atomic E-state index is -0.504. The van der Waals surface area contributed by atoms with E-state index in [2.05, 4.69) is 27.9 Å². The Morgan fingerprint density at radius 2 is 1.94 bits per heavy atom. The Bertz CT molecular complexity index is 380. The second kappa shape index (κ2) is 6.35. The monoisotopic (exact) mass is 347 g/mol. The molecule has 0 bridgehead atoms. The number of rotatable bonds is 5. The molecule has 0 unspecified atom stereocenters. The summed E-state index contributed by atoms with van der Waals surface area (Å²) in [5, 5.41) is 12.4. The van der Waals surface area contributed by atoms with E-state index in [0.29, 0.717) is 5.56 Å². The highest BCUT2D eigenvalue weighted by Gasteiger charge is 2.27. The van der Waals surface area contributed by atoms with Crippen molar-refractivity contribution in [1.29, 1.82) is 0 Å². The van der Waals surface area contributed by atoms with E-state index in [-0.39, 0.29) is 12.5 Å². The molecule has 0 saturated heterocycles. The average molecular weight is 347 g/mol. The van der Waals surface area contributed by atoms with Gasteiger partial charge in [0.2, 0.25) is 0 Å². The summed E-state index contributed by atoms with van der Waals surface area (Å²) < 4.78 is 0.918. The first-order valence-electron chi connectivity index (χ1n) is 5.76. The molecule has 2 N–H and O–H groups in total. The molecule has 4 heteroatoms. The maximum absolute atomic E-state index is 12.1. The molecule has 1 aromatic rings. The van der Waals surface area contributed by atoms with Gasteiger partial charge in [0.15, 0.2) is 0 Å². The molecule has 1 rings (SSSR count). The van der Waals surface area contributed by atoms with Gasteiger partial charge in [0, 0.05) is 3.57 Å². The number of carbonyl (C=O) groups is 1. The lowest BCUT2D eigenvalue weighted by molar-refractivity contribution is 0.0817. The zero-order valence-electron chi connectivity index (χ0n) is 10.2. The number of amides is 1. The van der Waals surface area contributed by atoms with Crippen molar-refractivity contribution in [3.8, 4) is 0 Å². The molecule has 94 valence electrons. The molecule has 17 heavy (non-hydrogen) atoms. The molecule has 1 aromatic carbocycles. The third-order valence-corrected chi connectivity index (χ3v) is 4.09. The predicted molar refractivity (Wildman–Crippen MR) is 77.0 cm³/mol. The number of nitrogens with one attached hydrogen (secondary N) is 1. The van der Waals surface area contributed by atoms with Crippen molar-refractivity contribution in [2.45, 2.75) is 32.2 Å². The summed E-state index contributed by atoms with van der Waals surface area (Å²) in [6, 6.07) is 7.44. The lowest BCUT2D eigenvalue weighted by atomic mass is 9.93. The van der Waals surface area contributed by atoms with Crippen molar-refractivity contribution >= 4 is 28.5 Å². The highest BCUT2D eigenvalue weighted by atomic mass is 127. The van der Waals surface area contributed by atoms with Crippen LogP contribution in [0.5, 0.6) is 0 Å². The molecular weight excluding hydrogens is 329 g/mol. The topological polar surface area (TPSA) is 49.3 Å². The quantitative estimate of drug-likeness (QED) is 0.805. The predicted octanol–water partition coefficient (Wildman–Crippen LogP) is 2.57. The SMILES string of the molecule is CCC(CC)(CO)NC(=O)c1ccccc1I. The van der Waals surface area contributed by atoms with Crippen LogP contribution < -0.4 is 5.32 Å². The normalized spacial score (nSPS) is 11.3. The molecule has 0 saturated carbocycles. The Labute approximate surface area is 116 Å². The van der Waals surface area contributed by atoms with E-state index in [1.165, 1.54) is 0 Å². The van der Waals surface area contributed by atoms with E-state index in [9.17, 15) is 9.90 Å². The van der Waals surface area contributed by atoms with Gasteiger partial charge in [0.05, 0.1) is 17.7 Å². The zero-order valence-corrected chi connectivity index (χ0v) is 12.3. The van der Waals surface area contributed by atoms with Crippen molar-refractivity contribution < 1.29 is 9.90 Å². The summed E-state index contributed by atoms with van der Waals surface area (Å²) in [4.78, 5) is 12.1. The van der Waals surface area contributed by atoms with E-state index in [0.717, 1.165) is 16.4 Å². The Morgan fingerprint density at radius 3 is 2.41 bits per heavy atom. The molecule has 1 amide bonds. The maximum Gasteiger partial charge on any atom is 0.252 e. The first-order valence-corrected chi connectivity index (χ1v) is 6.84. The van der Waals surface area contributed by atoms with Crippen molar-refractivity contribution in [3.05, 3.63) is 33.4 Å². The Morgan fingerprint density at radius 1 is 1.35 bits per heavy atom. The van der Waals surface area contributed by atoms with Crippen molar-refractivity contribution in [1.82, 2.24) is 5.32 Å². The van der Waals surface area contributed by atoms with Gasteiger partial charge in [-0.1, -0.05) is 26.0 Å². The smallest absolute Gasteiger partial charge is 0.252 e. The summed E-state index contributed by atoms with van der Waals surface area (Å²) >= 11 is 2.14. The molecular formula is C13H18INO2. The fourth-order valence-corrected chi connectivity index (χ4v) is 2.28. The van der Waals surface area contributed by atoms with Crippen LogP contribution in [0.3, 0.4) is 0 Å². The number of hydrogen-bond acceptors (Lipinski definition) is 2. The van der Waals surface area contributed by atoms with Gasteiger partial charge >= 0.3 is 0 Å². The molecule has 0 heterocycles. The number of benzene rings is 1. The molecule has 0 aliphatic carbocycles. The first kappa shape index (κ1) is 14.4. The number of halogens is 1. The highest BCUT2D eigenvalue weighted by Crippen LogP contribution is 2.17. The fraction of sp³-hybridized carbons (Fsp3) is 0.462. The molecule has 0 atom stereocenters. The summed E-state index contributed by atoms with van der Waals surface area (Å²) in [5.41, 5.74) is 0.156. The number of aliphatic hydroxyl groups is 1. The fourth-order valence-electron chi connectivity index (χ4n) is 1.64. The largest absolute Gasteiger partial charge is 0.394 e. The van der Waals surface area contributed by atoms with Crippen LogP contribution in [0.25, 0.3) is 0 Å². The highest BCUT2D eigenvalue weighted by molar-refractivity contribution is 14.1. The van der Waals surface area contributed by atoms with Crippen LogP contribution in [0.1, 0.15) is 37.0 Å². The summed E-state index contributed by atoms with van der Waals surface area (Å²) in [7, 11) is 0. The van der Waals surface area contributed by atoms with Crippen LogP contribution in [-0.4, -0.2) is 23.2 Å². The van der Waals surface area contributed by atoms with Crippen LogP contribution in [0.2, 0.25) is 0 Å². The molecule has 0 aromatic heterocycles. The van der Waals surface area contributed by atoms with E-state index in [1.807, 2.05) is 32.0 Å². The minimum Gasteiger partial charge on any atom is -0.394 e. The van der Waals surface area contributed by atoms with Gasteiger partial charge in [-0.2, -0.15) is 0 Å². The van der Waals surface area contributed by atoms with Crippen molar-refractivity contribution in [3.63, 3.8) is 0 Å². The minimum absolute atomic E-state index is 0.0326.